The number of allylic oxidation sites excluding steroid dienone is 4. The van der Waals surface area contributed by atoms with Gasteiger partial charge in [-0.25, -0.2) is 0 Å². The van der Waals surface area contributed by atoms with Gasteiger partial charge in [0.25, 0.3) is 0 Å². The molecule has 3 atom stereocenters. The number of hydrogen-bond acceptors (Lipinski definition) is 0. The standard InChI is InChI=1S/C37H41Br/c1-34(2,3)22-13-16-25-26-17-14-23(35(4,5)6)20-30(26)37(29(25)19-22)31-21-24(36(7,8)9)15-18-27(31)28-11-10-12-32(38)33(28)37/h10-21,25,29H,1-9H3. The van der Waals surface area contributed by atoms with Crippen LogP contribution in [0.25, 0.3) is 11.1 Å². The van der Waals surface area contributed by atoms with Crippen molar-refractivity contribution in [1.29, 1.82) is 0 Å². The Morgan fingerprint density at radius 2 is 1.32 bits per heavy atom. The Morgan fingerprint density at radius 3 is 1.95 bits per heavy atom. The van der Waals surface area contributed by atoms with E-state index in [2.05, 4.69) is 151 Å². The molecule has 3 aromatic carbocycles. The minimum Gasteiger partial charge on any atom is -0.0761 e. The molecule has 0 bridgehead atoms. The molecule has 1 heteroatoms. The van der Waals surface area contributed by atoms with Crippen LogP contribution < -0.4 is 0 Å². The summed E-state index contributed by atoms with van der Waals surface area (Å²) in [5.74, 6) is 0.676. The van der Waals surface area contributed by atoms with Gasteiger partial charge in [0.1, 0.15) is 0 Å². The molecule has 3 unspecified atom stereocenters. The molecule has 38 heavy (non-hydrogen) atoms. The Bertz CT molecular complexity index is 1530. The van der Waals surface area contributed by atoms with Gasteiger partial charge in [-0.3, -0.25) is 0 Å². The maximum absolute atomic E-state index is 4.09. The summed E-state index contributed by atoms with van der Waals surface area (Å²) in [6, 6.07) is 21.5. The predicted molar refractivity (Wildman–Crippen MR) is 166 cm³/mol. The molecule has 0 amide bonds. The van der Waals surface area contributed by atoms with E-state index in [1.54, 1.807) is 0 Å². The fourth-order valence-electron chi connectivity index (χ4n) is 7.19. The molecule has 1 spiro atoms. The zero-order valence-corrected chi connectivity index (χ0v) is 26.0. The van der Waals surface area contributed by atoms with Crippen molar-refractivity contribution in [2.24, 2.45) is 11.3 Å². The van der Waals surface area contributed by atoms with Gasteiger partial charge in [-0.05, 0) is 72.4 Å². The van der Waals surface area contributed by atoms with E-state index in [-0.39, 0.29) is 21.7 Å². The molecular formula is C37H41Br. The Labute approximate surface area is 238 Å². The second-order valence-corrected chi connectivity index (χ2v) is 15.7. The summed E-state index contributed by atoms with van der Waals surface area (Å²) in [6.07, 6.45) is 7.56. The number of rotatable bonds is 0. The third-order valence-corrected chi connectivity index (χ3v) is 9.97. The lowest BCUT2D eigenvalue weighted by atomic mass is 9.63. The van der Waals surface area contributed by atoms with Gasteiger partial charge in [0.2, 0.25) is 0 Å². The first-order chi connectivity index (χ1) is 17.6. The van der Waals surface area contributed by atoms with Crippen molar-refractivity contribution in [2.45, 2.75) is 84.5 Å². The number of halogens is 1. The van der Waals surface area contributed by atoms with Crippen LogP contribution in [0.1, 0.15) is 102 Å². The monoisotopic (exact) mass is 564 g/mol. The molecule has 3 aliphatic carbocycles. The molecule has 0 heterocycles. The molecule has 0 saturated carbocycles. The van der Waals surface area contributed by atoms with E-state index < -0.39 is 0 Å². The van der Waals surface area contributed by atoms with Crippen LogP contribution in [0, 0.1) is 11.3 Å². The largest absolute Gasteiger partial charge is 0.0761 e. The van der Waals surface area contributed by atoms with Gasteiger partial charge in [-0.15, -0.1) is 0 Å². The molecule has 0 fully saturated rings. The first kappa shape index (κ1) is 25.9. The van der Waals surface area contributed by atoms with Gasteiger partial charge in [-0.2, -0.15) is 0 Å². The van der Waals surface area contributed by atoms with Crippen LogP contribution in [0.5, 0.6) is 0 Å². The molecular weight excluding hydrogens is 524 g/mol. The van der Waals surface area contributed by atoms with Crippen LogP contribution in [-0.2, 0) is 16.2 Å². The van der Waals surface area contributed by atoms with Crippen LogP contribution in [0.2, 0.25) is 0 Å². The van der Waals surface area contributed by atoms with Gasteiger partial charge in [0, 0.05) is 16.3 Å². The van der Waals surface area contributed by atoms with Crippen molar-refractivity contribution in [2.75, 3.05) is 0 Å². The second-order valence-electron chi connectivity index (χ2n) is 14.8. The quantitative estimate of drug-likeness (QED) is 0.254. The van der Waals surface area contributed by atoms with Crippen LogP contribution in [0.3, 0.4) is 0 Å². The lowest BCUT2D eigenvalue weighted by Gasteiger charge is -2.39. The smallest absolute Gasteiger partial charge is 0.0549 e. The van der Waals surface area contributed by atoms with Gasteiger partial charge >= 0.3 is 0 Å². The number of fused-ring (bicyclic) bond motifs is 10. The average molecular weight is 566 g/mol. The zero-order chi connectivity index (χ0) is 27.4. The molecule has 0 N–H and O–H groups in total. The van der Waals surface area contributed by atoms with Gasteiger partial charge < -0.3 is 0 Å². The molecule has 3 aliphatic rings. The Kier molecular flexibility index (Phi) is 5.50. The highest BCUT2D eigenvalue weighted by molar-refractivity contribution is 9.10. The second kappa shape index (κ2) is 8.07. The fraction of sp³-hybridized carbons (Fsp3) is 0.405. The summed E-state index contributed by atoms with van der Waals surface area (Å²) in [6.45, 7) is 21.1. The van der Waals surface area contributed by atoms with Crippen molar-refractivity contribution < 1.29 is 0 Å². The van der Waals surface area contributed by atoms with Crippen LogP contribution in [0.15, 0.2) is 82.9 Å². The van der Waals surface area contributed by atoms with Crippen LogP contribution in [0.4, 0.5) is 0 Å². The van der Waals surface area contributed by atoms with Crippen molar-refractivity contribution >= 4 is 15.9 Å². The van der Waals surface area contributed by atoms with Crippen molar-refractivity contribution in [1.82, 2.24) is 0 Å². The van der Waals surface area contributed by atoms with E-state index in [1.165, 1.54) is 54.6 Å². The van der Waals surface area contributed by atoms with Crippen LogP contribution in [-0.4, -0.2) is 0 Å². The third-order valence-electron chi connectivity index (χ3n) is 9.31. The first-order valence-corrected chi connectivity index (χ1v) is 14.9. The Morgan fingerprint density at radius 1 is 0.684 bits per heavy atom. The lowest BCUT2D eigenvalue weighted by molar-refractivity contribution is 0.437. The molecule has 0 saturated heterocycles. The van der Waals surface area contributed by atoms with E-state index >= 15 is 0 Å². The molecule has 0 aromatic heterocycles. The molecule has 0 nitrogen and oxygen atoms in total. The highest BCUT2D eigenvalue weighted by Gasteiger charge is 2.58. The van der Waals surface area contributed by atoms with Crippen molar-refractivity contribution in [3.8, 4) is 11.1 Å². The van der Waals surface area contributed by atoms with Crippen molar-refractivity contribution in [3.63, 3.8) is 0 Å². The number of hydrogen-bond donors (Lipinski definition) is 0. The zero-order valence-electron chi connectivity index (χ0n) is 24.5. The summed E-state index contributed by atoms with van der Waals surface area (Å²) in [7, 11) is 0. The lowest BCUT2D eigenvalue weighted by Crippen LogP contribution is -2.35. The maximum atomic E-state index is 4.09. The fourth-order valence-corrected chi connectivity index (χ4v) is 7.87. The molecule has 3 aromatic rings. The minimum atomic E-state index is -0.242. The highest BCUT2D eigenvalue weighted by atomic mass is 79.9. The highest BCUT2D eigenvalue weighted by Crippen LogP contribution is 2.67. The minimum absolute atomic E-state index is 0.0786. The average Bonchev–Trinajstić information content (AvgIpc) is 3.29. The van der Waals surface area contributed by atoms with E-state index in [0.29, 0.717) is 11.8 Å². The SMILES string of the molecule is CC(C)(C)C1=CC2C(C=C1)c1ccc(C(C)(C)C)cc1C21c2cc(C(C)(C)C)ccc2-c2cccc(Br)c21. The van der Waals surface area contributed by atoms with Gasteiger partial charge in [0.05, 0.1) is 5.41 Å². The van der Waals surface area contributed by atoms with Crippen LogP contribution >= 0.6 is 15.9 Å². The normalized spacial score (nSPS) is 23.7. The Balaban J connectivity index is 1.79. The molecule has 0 radical (unpaired) electrons. The van der Waals surface area contributed by atoms with Gasteiger partial charge in [-0.1, -0.05) is 145 Å². The van der Waals surface area contributed by atoms with E-state index in [4.69, 9.17) is 0 Å². The molecule has 6 rings (SSSR count). The van der Waals surface area contributed by atoms with E-state index in [1.807, 2.05) is 0 Å². The van der Waals surface area contributed by atoms with Gasteiger partial charge in [0.15, 0.2) is 0 Å². The number of benzene rings is 3. The molecule has 0 aliphatic heterocycles. The van der Waals surface area contributed by atoms with Crippen molar-refractivity contribution in [3.05, 3.63) is 116 Å². The summed E-state index contributed by atoms with van der Waals surface area (Å²) < 4.78 is 1.22. The predicted octanol–water partition coefficient (Wildman–Crippen LogP) is 10.6. The summed E-state index contributed by atoms with van der Waals surface area (Å²) >= 11 is 4.09. The first-order valence-electron chi connectivity index (χ1n) is 14.1. The van der Waals surface area contributed by atoms with E-state index in [0.717, 1.165) is 0 Å². The topological polar surface area (TPSA) is 0 Å². The Hall–Kier alpha value is -2.38. The molecule has 196 valence electrons. The van der Waals surface area contributed by atoms with E-state index in [9.17, 15) is 0 Å². The summed E-state index contributed by atoms with van der Waals surface area (Å²) in [5.41, 5.74) is 12.9. The summed E-state index contributed by atoms with van der Waals surface area (Å²) in [5, 5.41) is 0. The third kappa shape index (κ3) is 3.53. The maximum Gasteiger partial charge on any atom is 0.0549 e. The summed E-state index contributed by atoms with van der Waals surface area (Å²) in [4.78, 5) is 0.